The van der Waals surface area contributed by atoms with Crippen molar-refractivity contribution in [3.8, 4) is 0 Å². The SMILES string of the molecule is Bc1cnc(NCC2C=CON2)nc1. The largest absolute Gasteiger partial charge is 0.416 e. The molecule has 6 heteroatoms. The second kappa shape index (κ2) is 4.10. The van der Waals surface area contributed by atoms with Crippen LogP contribution in [-0.4, -0.2) is 30.4 Å². The van der Waals surface area contributed by atoms with Gasteiger partial charge in [-0.2, -0.15) is 0 Å². The highest BCUT2D eigenvalue weighted by molar-refractivity contribution is 6.31. The Morgan fingerprint density at radius 1 is 1.50 bits per heavy atom. The maximum Gasteiger partial charge on any atom is 0.222 e. The summed E-state index contributed by atoms with van der Waals surface area (Å²) < 4.78 is 0. The fourth-order valence-electron chi connectivity index (χ4n) is 1.09. The van der Waals surface area contributed by atoms with Crippen molar-refractivity contribution in [3.05, 3.63) is 24.7 Å². The molecule has 5 nitrogen and oxygen atoms in total. The lowest BCUT2D eigenvalue weighted by atomic mass is 10.0. The predicted octanol–water partition coefficient (Wildman–Crippen LogP) is -1.44. The minimum Gasteiger partial charge on any atom is -0.416 e. The topological polar surface area (TPSA) is 59.1 Å². The van der Waals surface area contributed by atoms with E-state index in [2.05, 4.69) is 20.8 Å². The van der Waals surface area contributed by atoms with Crippen molar-refractivity contribution in [3.63, 3.8) is 0 Å². The molecule has 0 spiro atoms. The summed E-state index contributed by atoms with van der Waals surface area (Å²) in [4.78, 5) is 13.1. The molecule has 1 aliphatic rings. The Morgan fingerprint density at radius 3 is 2.93 bits per heavy atom. The van der Waals surface area contributed by atoms with Crippen LogP contribution in [0.5, 0.6) is 0 Å². The number of nitrogens with zero attached hydrogens (tertiary/aromatic N) is 2. The van der Waals surface area contributed by atoms with Crippen molar-refractivity contribution >= 4 is 19.3 Å². The molecule has 0 bridgehead atoms. The van der Waals surface area contributed by atoms with Crippen LogP contribution < -0.4 is 16.3 Å². The molecule has 1 aromatic rings. The van der Waals surface area contributed by atoms with Gasteiger partial charge in [-0.25, -0.2) is 9.97 Å². The Bertz CT molecular complexity index is 327. The molecule has 0 fully saturated rings. The number of hydroxylamine groups is 1. The van der Waals surface area contributed by atoms with Gasteiger partial charge < -0.3 is 10.2 Å². The normalized spacial score (nSPS) is 19.3. The van der Waals surface area contributed by atoms with E-state index in [0.717, 1.165) is 5.46 Å². The van der Waals surface area contributed by atoms with Crippen molar-refractivity contribution in [2.24, 2.45) is 0 Å². The highest BCUT2D eigenvalue weighted by Gasteiger charge is 2.08. The summed E-state index contributed by atoms with van der Waals surface area (Å²) in [6, 6.07) is 0.180. The van der Waals surface area contributed by atoms with Gasteiger partial charge >= 0.3 is 0 Å². The molecule has 2 heterocycles. The number of nitrogens with one attached hydrogen (secondary N) is 2. The molecule has 1 atom stereocenters. The van der Waals surface area contributed by atoms with Crippen LogP contribution in [0.4, 0.5) is 5.95 Å². The fourth-order valence-corrected chi connectivity index (χ4v) is 1.09. The van der Waals surface area contributed by atoms with Crippen LogP contribution in [0.3, 0.4) is 0 Å². The zero-order chi connectivity index (χ0) is 9.80. The lowest BCUT2D eigenvalue weighted by Gasteiger charge is -2.08. The monoisotopic (exact) mass is 190 g/mol. The van der Waals surface area contributed by atoms with Gasteiger partial charge in [-0.3, -0.25) is 0 Å². The highest BCUT2D eigenvalue weighted by atomic mass is 16.6. The molecule has 0 aromatic carbocycles. The van der Waals surface area contributed by atoms with Crippen LogP contribution in [0.1, 0.15) is 0 Å². The maximum atomic E-state index is 4.85. The molecular formula is C8H11BN4O. The molecule has 14 heavy (non-hydrogen) atoms. The molecule has 0 radical (unpaired) electrons. The Labute approximate surface area is 83.0 Å². The summed E-state index contributed by atoms with van der Waals surface area (Å²) in [5.41, 5.74) is 3.86. The number of aromatic nitrogens is 2. The van der Waals surface area contributed by atoms with Crippen molar-refractivity contribution in [2.75, 3.05) is 11.9 Å². The van der Waals surface area contributed by atoms with Gasteiger partial charge in [0, 0.05) is 18.9 Å². The predicted molar refractivity (Wildman–Crippen MR) is 55.8 cm³/mol. The van der Waals surface area contributed by atoms with E-state index >= 15 is 0 Å². The van der Waals surface area contributed by atoms with Gasteiger partial charge in [0.25, 0.3) is 0 Å². The van der Waals surface area contributed by atoms with Crippen LogP contribution >= 0.6 is 0 Å². The first-order chi connectivity index (χ1) is 6.84. The smallest absolute Gasteiger partial charge is 0.222 e. The van der Waals surface area contributed by atoms with Gasteiger partial charge in [-0.05, 0) is 6.08 Å². The second-order valence-electron chi connectivity index (χ2n) is 3.14. The van der Waals surface area contributed by atoms with Crippen LogP contribution in [0.25, 0.3) is 0 Å². The molecule has 0 saturated carbocycles. The first kappa shape index (κ1) is 9.02. The second-order valence-corrected chi connectivity index (χ2v) is 3.14. The van der Waals surface area contributed by atoms with Crippen molar-refractivity contribution < 1.29 is 4.84 Å². The molecule has 1 unspecified atom stereocenters. The van der Waals surface area contributed by atoms with E-state index in [1.54, 1.807) is 18.7 Å². The quantitative estimate of drug-likeness (QED) is 0.572. The molecule has 1 aliphatic heterocycles. The number of rotatable bonds is 3. The minimum atomic E-state index is 0.180. The Hall–Kier alpha value is -1.56. The molecule has 0 aliphatic carbocycles. The summed E-state index contributed by atoms with van der Waals surface area (Å²) >= 11 is 0. The average molecular weight is 190 g/mol. The van der Waals surface area contributed by atoms with Crippen molar-refractivity contribution in [2.45, 2.75) is 6.04 Å². The maximum absolute atomic E-state index is 4.85. The third-order valence-electron chi connectivity index (χ3n) is 1.86. The number of hydrogen-bond donors (Lipinski definition) is 2. The minimum absolute atomic E-state index is 0.180. The van der Waals surface area contributed by atoms with E-state index in [-0.39, 0.29) is 6.04 Å². The molecule has 0 saturated heterocycles. The van der Waals surface area contributed by atoms with Crippen LogP contribution in [0.15, 0.2) is 24.7 Å². The van der Waals surface area contributed by atoms with Gasteiger partial charge in [-0.15, -0.1) is 5.48 Å². The Morgan fingerprint density at radius 2 is 2.29 bits per heavy atom. The summed E-state index contributed by atoms with van der Waals surface area (Å²) in [6.45, 7) is 0.708. The molecular weight excluding hydrogens is 179 g/mol. The molecule has 2 rings (SSSR count). The lowest BCUT2D eigenvalue weighted by molar-refractivity contribution is 0.145. The zero-order valence-corrected chi connectivity index (χ0v) is 7.90. The fraction of sp³-hybridized carbons (Fsp3) is 0.250. The number of anilines is 1. The molecule has 0 amide bonds. The van der Waals surface area contributed by atoms with Crippen molar-refractivity contribution in [1.82, 2.24) is 15.4 Å². The Kier molecular flexibility index (Phi) is 2.64. The van der Waals surface area contributed by atoms with Crippen LogP contribution in [-0.2, 0) is 4.84 Å². The standard InChI is InChI=1S/C8H11BN4O/c9-6-3-10-8(11-4-6)12-5-7-1-2-14-13-7/h1-4,7,13H,5,9H2,(H,10,11,12). The zero-order valence-electron chi connectivity index (χ0n) is 7.90. The van der Waals surface area contributed by atoms with Gasteiger partial charge in [0.1, 0.15) is 14.1 Å². The van der Waals surface area contributed by atoms with E-state index < -0.39 is 0 Å². The van der Waals surface area contributed by atoms with Gasteiger partial charge in [0.2, 0.25) is 5.95 Å². The highest BCUT2D eigenvalue weighted by Crippen LogP contribution is 1.98. The van der Waals surface area contributed by atoms with Gasteiger partial charge in [0.05, 0.1) is 6.04 Å². The average Bonchev–Trinajstić information content (AvgIpc) is 2.70. The van der Waals surface area contributed by atoms with Gasteiger partial charge in [0.15, 0.2) is 0 Å². The summed E-state index contributed by atoms with van der Waals surface area (Å²) in [5, 5.41) is 3.10. The van der Waals surface area contributed by atoms with E-state index in [4.69, 9.17) is 4.84 Å². The first-order valence-corrected chi connectivity index (χ1v) is 4.45. The third-order valence-corrected chi connectivity index (χ3v) is 1.86. The summed E-state index contributed by atoms with van der Waals surface area (Å²) in [6.07, 6.45) is 7.12. The van der Waals surface area contributed by atoms with Crippen LogP contribution in [0.2, 0.25) is 0 Å². The molecule has 72 valence electrons. The summed E-state index contributed by atoms with van der Waals surface area (Å²) in [5.74, 6) is 0.637. The van der Waals surface area contributed by atoms with Crippen LogP contribution in [0, 0.1) is 0 Å². The van der Waals surface area contributed by atoms with E-state index in [1.165, 1.54) is 0 Å². The van der Waals surface area contributed by atoms with E-state index in [9.17, 15) is 0 Å². The third kappa shape index (κ3) is 2.23. The van der Waals surface area contributed by atoms with Gasteiger partial charge in [-0.1, -0.05) is 5.46 Å². The lowest BCUT2D eigenvalue weighted by Crippen LogP contribution is -2.29. The van der Waals surface area contributed by atoms with E-state index in [1.807, 2.05) is 13.9 Å². The van der Waals surface area contributed by atoms with E-state index in [0.29, 0.717) is 12.5 Å². The number of hydrogen-bond acceptors (Lipinski definition) is 5. The first-order valence-electron chi connectivity index (χ1n) is 4.45. The molecule has 1 aromatic heterocycles. The van der Waals surface area contributed by atoms with Crippen molar-refractivity contribution in [1.29, 1.82) is 0 Å². The molecule has 2 N–H and O–H groups in total. The Balaban J connectivity index is 1.85. The summed E-state index contributed by atoms with van der Waals surface area (Å²) in [7, 11) is 1.96.